The number of nitrogens with zero attached hydrogens (tertiary/aromatic N) is 5. The van der Waals surface area contributed by atoms with E-state index in [0.29, 0.717) is 13.2 Å². The second kappa shape index (κ2) is 9.55. The molecule has 1 N–H and O–H groups in total. The molecule has 1 heterocycles. The Labute approximate surface area is 165 Å². The first-order valence-electron chi connectivity index (χ1n) is 9.29. The van der Waals surface area contributed by atoms with Gasteiger partial charge in [0, 0.05) is 26.3 Å². The van der Waals surface area contributed by atoms with Gasteiger partial charge in [-0.2, -0.15) is 0 Å². The van der Waals surface area contributed by atoms with E-state index in [1.54, 1.807) is 13.4 Å². The van der Waals surface area contributed by atoms with Crippen molar-refractivity contribution in [3.8, 4) is 11.4 Å². The summed E-state index contributed by atoms with van der Waals surface area (Å²) in [5, 5.41) is 11.6. The zero-order valence-electron chi connectivity index (χ0n) is 16.5. The van der Waals surface area contributed by atoms with Gasteiger partial charge in [0.15, 0.2) is 11.8 Å². The summed E-state index contributed by atoms with van der Waals surface area (Å²) in [5.41, 5.74) is 2.21. The molecule has 0 fully saturated rings. The number of hydrogen-bond acceptors (Lipinski definition) is 4. The van der Waals surface area contributed by atoms with E-state index in [4.69, 9.17) is 4.74 Å². The highest BCUT2D eigenvalue weighted by atomic mass is 16.5. The molecule has 7 nitrogen and oxygen atoms in total. The Bertz CT molecular complexity index is 889. The number of ether oxygens (including phenoxy) is 1. The summed E-state index contributed by atoms with van der Waals surface area (Å²) in [4.78, 5) is 6.45. The Morgan fingerprint density at radius 2 is 1.89 bits per heavy atom. The van der Waals surface area contributed by atoms with Gasteiger partial charge < -0.3 is 15.0 Å². The fourth-order valence-electron chi connectivity index (χ4n) is 2.93. The lowest BCUT2D eigenvalue weighted by Crippen LogP contribution is -2.38. The molecule has 0 saturated carbocycles. The molecule has 0 aliphatic carbocycles. The monoisotopic (exact) mass is 378 g/mol. The molecule has 7 heteroatoms. The smallest absolute Gasteiger partial charge is 0.194 e. The minimum atomic E-state index is 0.523. The predicted molar refractivity (Wildman–Crippen MR) is 111 cm³/mol. The highest BCUT2D eigenvalue weighted by Crippen LogP contribution is 2.13. The van der Waals surface area contributed by atoms with E-state index >= 15 is 0 Å². The number of aromatic nitrogens is 3. The van der Waals surface area contributed by atoms with Gasteiger partial charge in [0.2, 0.25) is 0 Å². The Balaban J connectivity index is 1.61. The van der Waals surface area contributed by atoms with Gasteiger partial charge in [-0.1, -0.05) is 30.3 Å². The first kappa shape index (κ1) is 19.4. The van der Waals surface area contributed by atoms with Crippen molar-refractivity contribution >= 4 is 5.96 Å². The van der Waals surface area contributed by atoms with Gasteiger partial charge >= 0.3 is 0 Å². The molecule has 0 unspecified atom stereocenters. The fraction of sp³-hybridized carbons (Fsp3) is 0.286. The normalized spacial score (nSPS) is 11.3. The summed E-state index contributed by atoms with van der Waals surface area (Å²) >= 11 is 0. The van der Waals surface area contributed by atoms with Crippen molar-refractivity contribution in [3.05, 3.63) is 72.3 Å². The molecule has 3 aromatic rings. The highest BCUT2D eigenvalue weighted by molar-refractivity contribution is 5.79. The van der Waals surface area contributed by atoms with Crippen LogP contribution in [0.1, 0.15) is 18.3 Å². The van der Waals surface area contributed by atoms with E-state index in [9.17, 15) is 0 Å². The highest BCUT2D eigenvalue weighted by Gasteiger charge is 2.10. The number of benzene rings is 2. The molecule has 0 bridgehead atoms. The van der Waals surface area contributed by atoms with Gasteiger partial charge in [-0.15, -0.1) is 10.2 Å². The summed E-state index contributed by atoms with van der Waals surface area (Å²) in [7, 11) is 3.78. The number of aliphatic imine (C=N–C) groups is 1. The minimum absolute atomic E-state index is 0.523. The summed E-state index contributed by atoms with van der Waals surface area (Å²) in [5.74, 6) is 2.50. The van der Waals surface area contributed by atoms with Crippen molar-refractivity contribution in [2.45, 2.75) is 20.0 Å². The van der Waals surface area contributed by atoms with Crippen LogP contribution >= 0.6 is 0 Å². The number of para-hydroxylation sites is 1. The Hall–Kier alpha value is -3.35. The predicted octanol–water partition coefficient (Wildman–Crippen LogP) is 2.87. The maximum Gasteiger partial charge on any atom is 0.194 e. The van der Waals surface area contributed by atoms with Crippen molar-refractivity contribution in [1.29, 1.82) is 0 Å². The lowest BCUT2D eigenvalue weighted by atomic mass is 10.2. The summed E-state index contributed by atoms with van der Waals surface area (Å²) in [6.07, 6.45) is 1.72. The largest absolute Gasteiger partial charge is 0.494 e. The number of guanidine groups is 1. The van der Waals surface area contributed by atoms with Crippen molar-refractivity contribution in [2.24, 2.45) is 4.99 Å². The molecule has 0 spiro atoms. The Morgan fingerprint density at radius 3 is 2.57 bits per heavy atom. The zero-order valence-corrected chi connectivity index (χ0v) is 16.5. The van der Waals surface area contributed by atoms with Gasteiger partial charge in [-0.05, 0) is 36.8 Å². The van der Waals surface area contributed by atoms with Crippen LogP contribution < -0.4 is 10.1 Å². The second-order valence-electron chi connectivity index (χ2n) is 6.29. The first-order valence-corrected chi connectivity index (χ1v) is 9.29. The first-order chi connectivity index (χ1) is 13.7. The van der Waals surface area contributed by atoms with Crippen molar-refractivity contribution in [2.75, 3.05) is 20.7 Å². The van der Waals surface area contributed by atoms with Crippen LogP contribution in [0.15, 0.2) is 65.9 Å². The van der Waals surface area contributed by atoms with E-state index in [1.807, 2.05) is 61.0 Å². The van der Waals surface area contributed by atoms with Gasteiger partial charge in [0.1, 0.15) is 12.1 Å². The van der Waals surface area contributed by atoms with Crippen LogP contribution in [0.2, 0.25) is 0 Å². The quantitative estimate of drug-likeness (QED) is 0.506. The number of rotatable bonds is 7. The van der Waals surface area contributed by atoms with Crippen molar-refractivity contribution in [1.82, 2.24) is 25.0 Å². The second-order valence-corrected chi connectivity index (χ2v) is 6.29. The molecule has 0 amide bonds. The van der Waals surface area contributed by atoms with E-state index in [-0.39, 0.29) is 0 Å². The molecule has 2 aromatic carbocycles. The molecule has 28 heavy (non-hydrogen) atoms. The number of hydrogen-bond donors (Lipinski definition) is 1. The van der Waals surface area contributed by atoms with Gasteiger partial charge in [-0.3, -0.25) is 9.56 Å². The van der Waals surface area contributed by atoms with E-state index in [0.717, 1.165) is 29.8 Å². The molecular formula is C21H26N6O. The maximum absolute atomic E-state index is 5.50. The van der Waals surface area contributed by atoms with Crippen LogP contribution in [-0.4, -0.2) is 46.3 Å². The third kappa shape index (κ3) is 4.88. The summed E-state index contributed by atoms with van der Waals surface area (Å²) < 4.78 is 7.46. The molecule has 0 saturated heterocycles. The van der Waals surface area contributed by atoms with Gasteiger partial charge in [0.25, 0.3) is 0 Å². The average Bonchev–Trinajstić information content (AvgIpc) is 3.19. The third-order valence-electron chi connectivity index (χ3n) is 4.28. The van der Waals surface area contributed by atoms with Crippen LogP contribution in [0.5, 0.6) is 5.75 Å². The maximum atomic E-state index is 5.50. The molecule has 1 aromatic heterocycles. The molecule has 0 atom stereocenters. The number of nitrogens with one attached hydrogen (secondary N) is 1. The van der Waals surface area contributed by atoms with Crippen LogP contribution in [0.3, 0.4) is 0 Å². The van der Waals surface area contributed by atoms with Crippen LogP contribution in [0.4, 0.5) is 0 Å². The lowest BCUT2D eigenvalue weighted by molar-refractivity contribution is 0.340. The van der Waals surface area contributed by atoms with E-state index in [2.05, 4.69) is 37.5 Å². The van der Waals surface area contributed by atoms with Crippen LogP contribution in [0, 0.1) is 0 Å². The van der Waals surface area contributed by atoms with Gasteiger partial charge in [0.05, 0.1) is 13.2 Å². The molecular weight excluding hydrogens is 352 g/mol. The summed E-state index contributed by atoms with van der Waals surface area (Å²) in [6.45, 7) is 3.91. The standard InChI is InChI=1S/C21H26N6O/c1-4-28-19-12-10-17(11-13-19)15-26(3)21(22-2)23-14-20-25-24-16-27(20)18-8-6-5-7-9-18/h5-13,16H,4,14-15H2,1-3H3,(H,22,23). The Kier molecular flexibility index (Phi) is 6.62. The van der Waals surface area contributed by atoms with E-state index < -0.39 is 0 Å². The molecule has 0 aliphatic rings. The molecule has 0 aliphatic heterocycles. The molecule has 146 valence electrons. The molecule has 0 radical (unpaired) electrons. The van der Waals surface area contributed by atoms with Crippen molar-refractivity contribution < 1.29 is 4.74 Å². The Morgan fingerprint density at radius 1 is 1.14 bits per heavy atom. The zero-order chi connectivity index (χ0) is 19.8. The molecule has 3 rings (SSSR count). The topological polar surface area (TPSA) is 67.6 Å². The van der Waals surface area contributed by atoms with E-state index in [1.165, 1.54) is 5.56 Å². The van der Waals surface area contributed by atoms with Gasteiger partial charge in [-0.25, -0.2) is 0 Å². The van der Waals surface area contributed by atoms with Crippen LogP contribution in [-0.2, 0) is 13.1 Å². The minimum Gasteiger partial charge on any atom is -0.494 e. The average molecular weight is 378 g/mol. The van der Waals surface area contributed by atoms with Crippen LogP contribution in [0.25, 0.3) is 5.69 Å². The summed E-state index contributed by atoms with van der Waals surface area (Å²) in [6, 6.07) is 18.2. The SMILES string of the molecule is CCOc1ccc(CN(C)C(=NC)NCc2nncn2-c2ccccc2)cc1. The fourth-order valence-corrected chi connectivity index (χ4v) is 2.93. The van der Waals surface area contributed by atoms with Crippen molar-refractivity contribution in [3.63, 3.8) is 0 Å². The lowest BCUT2D eigenvalue weighted by Gasteiger charge is -2.22. The third-order valence-corrected chi connectivity index (χ3v) is 4.28.